The molecule has 34 heavy (non-hydrogen) atoms. The number of ether oxygens (including phenoxy) is 2. The molecule has 0 radical (unpaired) electrons. The lowest BCUT2D eigenvalue weighted by atomic mass is 10.1. The Bertz CT molecular complexity index is 1430. The van der Waals surface area contributed by atoms with Gasteiger partial charge in [-0.15, -0.1) is 0 Å². The van der Waals surface area contributed by atoms with Crippen molar-refractivity contribution < 1.29 is 9.47 Å². The third-order valence-electron chi connectivity index (χ3n) is 6.28. The molecule has 7 rings (SSSR count). The Labute approximate surface area is 195 Å². The molecule has 0 amide bonds. The van der Waals surface area contributed by atoms with Gasteiger partial charge in [-0.2, -0.15) is 10.2 Å². The highest BCUT2D eigenvalue weighted by atomic mass is 16.5. The van der Waals surface area contributed by atoms with Gasteiger partial charge in [0.15, 0.2) is 23.3 Å². The summed E-state index contributed by atoms with van der Waals surface area (Å²) in [5.41, 5.74) is 6.19. The summed E-state index contributed by atoms with van der Waals surface area (Å²) in [6.07, 6.45) is 1.84. The monoisotopic (exact) mass is 448 g/mol. The lowest BCUT2D eigenvalue weighted by molar-refractivity contribution is 0.356. The molecule has 5 aromatic rings. The van der Waals surface area contributed by atoms with E-state index in [9.17, 15) is 0 Å². The zero-order valence-electron chi connectivity index (χ0n) is 18.2. The Morgan fingerprint density at radius 3 is 1.65 bits per heavy atom. The van der Waals surface area contributed by atoms with E-state index in [1.165, 1.54) is 11.1 Å². The smallest absolute Gasteiger partial charge is 0.181 e. The van der Waals surface area contributed by atoms with Gasteiger partial charge in [0, 0.05) is 35.1 Å². The van der Waals surface area contributed by atoms with Crippen molar-refractivity contribution in [3.8, 4) is 57.1 Å². The fraction of sp³-hybridized carbons (Fsp3) is 0.154. The maximum atomic E-state index is 5.60. The topological polar surface area (TPSA) is 102 Å². The molecule has 0 spiro atoms. The molecule has 4 heterocycles. The number of hydrogen-bond acceptors (Lipinski definition) is 6. The predicted octanol–water partition coefficient (Wildman–Crippen LogP) is 4.46. The largest absolute Gasteiger partial charge is 0.493 e. The highest BCUT2D eigenvalue weighted by molar-refractivity contribution is 5.69. The molecule has 2 aliphatic rings. The van der Waals surface area contributed by atoms with Crippen LogP contribution in [0.5, 0.6) is 11.5 Å². The zero-order valence-corrected chi connectivity index (χ0v) is 18.2. The Hall–Kier alpha value is -4.46. The van der Waals surface area contributed by atoms with Gasteiger partial charge in [-0.05, 0) is 53.6 Å². The summed E-state index contributed by atoms with van der Waals surface area (Å²) in [6.45, 7) is 1.47. The molecular weight excluding hydrogens is 428 g/mol. The van der Waals surface area contributed by atoms with Crippen molar-refractivity contribution in [1.82, 2.24) is 30.4 Å². The lowest BCUT2D eigenvalue weighted by Crippen LogP contribution is -1.86. The summed E-state index contributed by atoms with van der Waals surface area (Å²) < 4.78 is 11.2. The van der Waals surface area contributed by atoms with E-state index in [1.807, 2.05) is 48.5 Å². The Kier molecular flexibility index (Phi) is 4.23. The number of hydrogen-bond donors (Lipinski definition) is 2. The second-order valence-corrected chi connectivity index (χ2v) is 8.44. The molecule has 0 aliphatic carbocycles. The lowest BCUT2D eigenvalue weighted by Gasteiger charge is -2.01. The minimum absolute atomic E-state index is 0.628. The van der Waals surface area contributed by atoms with Gasteiger partial charge >= 0.3 is 0 Å². The summed E-state index contributed by atoms with van der Waals surface area (Å²) in [5, 5.41) is 15.0. The second kappa shape index (κ2) is 7.55. The second-order valence-electron chi connectivity index (χ2n) is 8.44. The van der Waals surface area contributed by atoms with Crippen LogP contribution in [0.1, 0.15) is 11.1 Å². The zero-order chi connectivity index (χ0) is 22.5. The van der Waals surface area contributed by atoms with Crippen LogP contribution in [-0.4, -0.2) is 43.6 Å². The Morgan fingerprint density at radius 2 is 1.12 bits per heavy atom. The number of H-pyrrole nitrogens is 2. The van der Waals surface area contributed by atoms with Crippen LogP contribution in [0.4, 0.5) is 0 Å². The maximum Gasteiger partial charge on any atom is 0.181 e. The third-order valence-corrected chi connectivity index (χ3v) is 6.28. The number of fused-ring (bicyclic) bond motifs is 2. The fourth-order valence-corrected chi connectivity index (χ4v) is 4.51. The SMILES string of the molecule is c1cc(-c2n[nH]c(-c3ccc4c(c3)CCO4)n2)cc(-c2n[nH]c(-c3ccc4c(c3)CCO4)n2)c1. The Morgan fingerprint density at radius 1 is 0.588 bits per heavy atom. The molecular formula is C26H20N6O2. The predicted molar refractivity (Wildman–Crippen MR) is 126 cm³/mol. The molecule has 2 aromatic heterocycles. The van der Waals surface area contributed by atoms with E-state index < -0.39 is 0 Å². The molecule has 2 aliphatic heterocycles. The fourth-order valence-electron chi connectivity index (χ4n) is 4.51. The maximum absolute atomic E-state index is 5.60. The van der Waals surface area contributed by atoms with Crippen LogP contribution in [0.2, 0.25) is 0 Å². The van der Waals surface area contributed by atoms with Crippen molar-refractivity contribution in [1.29, 1.82) is 0 Å². The van der Waals surface area contributed by atoms with Crippen LogP contribution < -0.4 is 9.47 Å². The number of aromatic nitrogens is 6. The minimum Gasteiger partial charge on any atom is -0.493 e. The van der Waals surface area contributed by atoms with Crippen molar-refractivity contribution >= 4 is 0 Å². The normalized spacial score (nSPS) is 13.9. The first kappa shape index (κ1) is 19.0. The molecule has 3 aromatic carbocycles. The highest BCUT2D eigenvalue weighted by Gasteiger charge is 2.17. The molecule has 0 saturated carbocycles. The van der Waals surface area contributed by atoms with Crippen LogP contribution in [0.25, 0.3) is 45.6 Å². The van der Waals surface area contributed by atoms with Crippen LogP contribution in [0.3, 0.4) is 0 Å². The van der Waals surface area contributed by atoms with E-state index in [0.717, 1.165) is 71.5 Å². The average molecular weight is 448 g/mol. The van der Waals surface area contributed by atoms with Gasteiger partial charge in [0.25, 0.3) is 0 Å². The standard InChI is InChI=1S/C26H20N6O2/c1-2-17(23-27-25(31-29-23)19-4-6-21-15(12-19)8-10-33-21)14-18(3-1)24-28-26(32-30-24)20-5-7-22-16(13-20)9-11-34-22/h1-7,12-14H,8-11H2,(H,27,29,31)(H,28,30,32). The van der Waals surface area contributed by atoms with Crippen LogP contribution in [0, 0.1) is 0 Å². The van der Waals surface area contributed by atoms with Gasteiger partial charge in [-0.25, -0.2) is 9.97 Å². The first-order valence-corrected chi connectivity index (χ1v) is 11.3. The van der Waals surface area contributed by atoms with Crippen molar-refractivity contribution in [2.75, 3.05) is 13.2 Å². The van der Waals surface area contributed by atoms with E-state index in [4.69, 9.17) is 19.4 Å². The molecule has 8 heteroatoms. The molecule has 2 N–H and O–H groups in total. The number of aromatic amines is 2. The van der Waals surface area contributed by atoms with E-state index in [0.29, 0.717) is 11.6 Å². The van der Waals surface area contributed by atoms with Crippen molar-refractivity contribution in [2.24, 2.45) is 0 Å². The number of rotatable bonds is 4. The van der Waals surface area contributed by atoms with Crippen LogP contribution >= 0.6 is 0 Å². The van der Waals surface area contributed by atoms with E-state index in [1.54, 1.807) is 0 Å². The van der Waals surface area contributed by atoms with Crippen molar-refractivity contribution in [2.45, 2.75) is 12.8 Å². The first-order valence-electron chi connectivity index (χ1n) is 11.3. The van der Waals surface area contributed by atoms with Gasteiger partial charge in [0.1, 0.15) is 11.5 Å². The van der Waals surface area contributed by atoms with Crippen LogP contribution in [0.15, 0.2) is 60.7 Å². The summed E-state index contributed by atoms with van der Waals surface area (Å²) >= 11 is 0. The van der Waals surface area contributed by atoms with Crippen LogP contribution in [-0.2, 0) is 12.8 Å². The first-order chi connectivity index (χ1) is 16.8. The third kappa shape index (κ3) is 3.23. The summed E-state index contributed by atoms with van der Waals surface area (Å²) in [5.74, 6) is 4.63. The molecule has 0 bridgehead atoms. The minimum atomic E-state index is 0.628. The van der Waals surface area contributed by atoms with Gasteiger partial charge in [0.05, 0.1) is 13.2 Å². The van der Waals surface area contributed by atoms with Gasteiger partial charge in [-0.3, -0.25) is 10.2 Å². The summed E-state index contributed by atoms with van der Waals surface area (Å²) in [6, 6.07) is 20.2. The quantitative estimate of drug-likeness (QED) is 0.421. The number of benzene rings is 3. The van der Waals surface area contributed by atoms with E-state index in [2.05, 4.69) is 32.5 Å². The van der Waals surface area contributed by atoms with Gasteiger partial charge in [0.2, 0.25) is 0 Å². The highest BCUT2D eigenvalue weighted by Crippen LogP contribution is 2.32. The summed E-state index contributed by atoms with van der Waals surface area (Å²) in [4.78, 5) is 9.46. The molecule has 8 nitrogen and oxygen atoms in total. The molecule has 0 fully saturated rings. The average Bonchev–Trinajstić information content (AvgIpc) is 3.69. The summed E-state index contributed by atoms with van der Waals surface area (Å²) in [7, 11) is 0. The molecule has 166 valence electrons. The number of nitrogens with one attached hydrogen (secondary N) is 2. The molecule has 0 unspecified atom stereocenters. The van der Waals surface area contributed by atoms with Crippen molar-refractivity contribution in [3.63, 3.8) is 0 Å². The van der Waals surface area contributed by atoms with E-state index in [-0.39, 0.29) is 0 Å². The van der Waals surface area contributed by atoms with Crippen molar-refractivity contribution in [3.05, 3.63) is 71.8 Å². The van der Waals surface area contributed by atoms with E-state index >= 15 is 0 Å². The van der Waals surface area contributed by atoms with Gasteiger partial charge in [-0.1, -0.05) is 18.2 Å². The molecule has 0 saturated heterocycles. The van der Waals surface area contributed by atoms with Gasteiger partial charge < -0.3 is 9.47 Å². The molecule has 0 atom stereocenters. The Balaban J connectivity index is 1.17. The number of nitrogens with zero attached hydrogens (tertiary/aromatic N) is 4.